The van der Waals surface area contributed by atoms with Gasteiger partial charge in [0.15, 0.2) is 0 Å². The Balaban J connectivity index is 2.73. The zero-order chi connectivity index (χ0) is 20.8. The summed E-state index contributed by atoms with van der Waals surface area (Å²) in [6.07, 6.45) is 1.85. The standard InChI is InChI=1S/C17H25N3O7/c1-17(2,3)27-14(23)8-5-10(16(25)26)19-9-11(15(24)18-4)20-12(21)6-7-13(20)22/h6-7,10-11,19H,5,8-9H2,1-4H3,(H,18,24)(H,25,26). The highest BCUT2D eigenvalue weighted by Gasteiger charge is 2.36. The Bertz CT molecular complexity index is 633. The summed E-state index contributed by atoms with van der Waals surface area (Å²) in [5.74, 6) is -3.71. The molecule has 0 aliphatic carbocycles. The number of likely N-dealkylation sites (N-methyl/N-ethyl adjacent to an activating group) is 1. The van der Waals surface area contributed by atoms with Gasteiger partial charge in [0.05, 0.1) is 0 Å². The highest BCUT2D eigenvalue weighted by molar-refractivity contribution is 6.15. The van der Waals surface area contributed by atoms with Crippen molar-refractivity contribution in [3.05, 3.63) is 12.2 Å². The molecular weight excluding hydrogens is 358 g/mol. The van der Waals surface area contributed by atoms with Crippen LogP contribution in [0.5, 0.6) is 0 Å². The van der Waals surface area contributed by atoms with Crippen LogP contribution < -0.4 is 10.6 Å². The second kappa shape index (κ2) is 9.26. The lowest BCUT2D eigenvalue weighted by molar-refractivity contribution is -0.155. The molecule has 3 N–H and O–H groups in total. The number of hydrogen-bond acceptors (Lipinski definition) is 7. The zero-order valence-corrected chi connectivity index (χ0v) is 15.8. The summed E-state index contributed by atoms with van der Waals surface area (Å²) in [5.41, 5.74) is -0.684. The number of esters is 1. The molecule has 0 aromatic heterocycles. The van der Waals surface area contributed by atoms with E-state index in [1.807, 2.05) is 0 Å². The van der Waals surface area contributed by atoms with Gasteiger partial charge in [0, 0.05) is 32.2 Å². The zero-order valence-electron chi connectivity index (χ0n) is 15.8. The van der Waals surface area contributed by atoms with Crippen LogP contribution in [0, 0.1) is 0 Å². The maximum Gasteiger partial charge on any atom is 0.320 e. The maximum atomic E-state index is 12.0. The van der Waals surface area contributed by atoms with Crippen LogP contribution in [0.1, 0.15) is 33.6 Å². The Labute approximate surface area is 156 Å². The van der Waals surface area contributed by atoms with Gasteiger partial charge in [0.25, 0.3) is 11.8 Å². The molecule has 2 unspecified atom stereocenters. The van der Waals surface area contributed by atoms with E-state index in [9.17, 15) is 29.1 Å². The Morgan fingerprint density at radius 3 is 2.19 bits per heavy atom. The number of aliphatic carboxylic acids is 1. The summed E-state index contributed by atoms with van der Waals surface area (Å²) >= 11 is 0. The lowest BCUT2D eigenvalue weighted by Gasteiger charge is -2.26. The molecule has 0 aromatic carbocycles. The Morgan fingerprint density at radius 2 is 1.74 bits per heavy atom. The van der Waals surface area contributed by atoms with Crippen molar-refractivity contribution in [2.45, 2.75) is 51.3 Å². The summed E-state index contributed by atoms with van der Waals surface area (Å²) in [4.78, 5) is 59.6. The molecule has 0 radical (unpaired) electrons. The maximum absolute atomic E-state index is 12.0. The number of hydrogen-bond donors (Lipinski definition) is 3. The van der Waals surface area contributed by atoms with E-state index >= 15 is 0 Å². The molecule has 1 aliphatic heterocycles. The van der Waals surface area contributed by atoms with E-state index in [1.54, 1.807) is 20.8 Å². The molecule has 150 valence electrons. The number of nitrogens with zero attached hydrogens (tertiary/aromatic N) is 1. The van der Waals surface area contributed by atoms with E-state index in [-0.39, 0.29) is 19.4 Å². The Morgan fingerprint density at radius 1 is 1.19 bits per heavy atom. The molecule has 0 spiro atoms. The SMILES string of the molecule is CNC(=O)C(CNC(CCC(=O)OC(C)(C)C)C(=O)O)N1C(=O)C=CC1=O. The van der Waals surface area contributed by atoms with E-state index in [2.05, 4.69) is 10.6 Å². The number of carboxylic acids is 1. The van der Waals surface area contributed by atoms with Gasteiger partial charge in [0.2, 0.25) is 5.91 Å². The molecule has 1 aliphatic rings. The van der Waals surface area contributed by atoms with Crippen molar-refractivity contribution < 1.29 is 33.8 Å². The highest BCUT2D eigenvalue weighted by Crippen LogP contribution is 2.12. The molecule has 2 atom stereocenters. The van der Waals surface area contributed by atoms with Gasteiger partial charge < -0.3 is 20.5 Å². The number of carboxylic acid groups (broad SMARTS) is 1. The van der Waals surface area contributed by atoms with Gasteiger partial charge in [0.1, 0.15) is 17.7 Å². The van der Waals surface area contributed by atoms with Crippen molar-refractivity contribution >= 4 is 29.7 Å². The molecule has 10 nitrogen and oxygen atoms in total. The number of carbonyl (C=O) groups is 5. The summed E-state index contributed by atoms with van der Waals surface area (Å²) in [7, 11) is 1.34. The lowest BCUT2D eigenvalue weighted by Crippen LogP contribution is -2.55. The van der Waals surface area contributed by atoms with E-state index in [0.29, 0.717) is 0 Å². The van der Waals surface area contributed by atoms with Crippen molar-refractivity contribution in [2.75, 3.05) is 13.6 Å². The number of carbonyl (C=O) groups excluding carboxylic acids is 4. The van der Waals surface area contributed by atoms with Crippen molar-refractivity contribution in [1.29, 1.82) is 0 Å². The van der Waals surface area contributed by atoms with Crippen LogP contribution in [0.4, 0.5) is 0 Å². The third-order valence-corrected chi connectivity index (χ3v) is 3.62. The smallest absolute Gasteiger partial charge is 0.320 e. The van der Waals surface area contributed by atoms with Gasteiger partial charge in [-0.2, -0.15) is 0 Å². The lowest BCUT2D eigenvalue weighted by atomic mass is 10.1. The van der Waals surface area contributed by atoms with Crippen LogP contribution in [-0.2, 0) is 28.7 Å². The average molecular weight is 383 g/mol. The fourth-order valence-corrected chi connectivity index (χ4v) is 2.41. The van der Waals surface area contributed by atoms with Crippen molar-refractivity contribution in [3.63, 3.8) is 0 Å². The van der Waals surface area contributed by atoms with Gasteiger partial charge in [-0.05, 0) is 27.2 Å². The van der Waals surface area contributed by atoms with Gasteiger partial charge >= 0.3 is 11.9 Å². The average Bonchev–Trinajstić information content (AvgIpc) is 2.87. The van der Waals surface area contributed by atoms with Crippen molar-refractivity contribution in [1.82, 2.24) is 15.5 Å². The van der Waals surface area contributed by atoms with Crippen LogP contribution in [0.3, 0.4) is 0 Å². The number of amides is 3. The van der Waals surface area contributed by atoms with Crippen LogP contribution in [0.25, 0.3) is 0 Å². The normalized spacial score (nSPS) is 16.2. The van der Waals surface area contributed by atoms with Gasteiger partial charge in [-0.15, -0.1) is 0 Å². The van der Waals surface area contributed by atoms with Crippen LogP contribution in [0.15, 0.2) is 12.2 Å². The predicted octanol–water partition coefficient (Wildman–Crippen LogP) is -0.809. The first kappa shape index (κ1) is 22.3. The summed E-state index contributed by atoms with van der Waals surface area (Å²) < 4.78 is 5.13. The van der Waals surface area contributed by atoms with E-state index in [0.717, 1.165) is 17.1 Å². The molecule has 0 saturated carbocycles. The number of imide groups is 1. The molecular formula is C17H25N3O7. The second-order valence-electron chi connectivity index (χ2n) is 6.93. The number of rotatable bonds is 9. The molecule has 1 heterocycles. The van der Waals surface area contributed by atoms with Gasteiger partial charge in [-0.25, -0.2) is 0 Å². The quantitative estimate of drug-likeness (QED) is 0.347. The molecule has 0 fully saturated rings. The number of ether oxygens (including phenoxy) is 1. The summed E-state index contributed by atoms with van der Waals surface area (Å²) in [5, 5.41) is 14.3. The minimum Gasteiger partial charge on any atom is -0.480 e. The molecule has 27 heavy (non-hydrogen) atoms. The van der Waals surface area contributed by atoms with Crippen LogP contribution >= 0.6 is 0 Å². The van der Waals surface area contributed by atoms with E-state index < -0.39 is 47.3 Å². The Hall–Kier alpha value is -2.75. The fourth-order valence-electron chi connectivity index (χ4n) is 2.41. The van der Waals surface area contributed by atoms with Crippen molar-refractivity contribution in [3.8, 4) is 0 Å². The first-order valence-electron chi connectivity index (χ1n) is 8.41. The molecule has 0 saturated heterocycles. The van der Waals surface area contributed by atoms with Gasteiger partial charge in [-0.3, -0.25) is 28.9 Å². The molecule has 1 rings (SSSR count). The molecule has 3 amide bonds. The molecule has 10 heteroatoms. The topological polar surface area (TPSA) is 142 Å². The third kappa shape index (κ3) is 6.81. The fraction of sp³-hybridized carbons (Fsp3) is 0.588. The minimum absolute atomic E-state index is 0.0785. The predicted molar refractivity (Wildman–Crippen MR) is 93.4 cm³/mol. The van der Waals surface area contributed by atoms with E-state index in [4.69, 9.17) is 4.74 Å². The highest BCUT2D eigenvalue weighted by atomic mass is 16.6. The largest absolute Gasteiger partial charge is 0.480 e. The van der Waals surface area contributed by atoms with Gasteiger partial charge in [-0.1, -0.05) is 0 Å². The van der Waals surface area contributed by atoms with Crippen LogP contribution in [-0.4, -0.2) is 70.9 Å². The summed E-state index contributed by atoms with van der Waals surface area (Å²) in [6, 6.07) is -2.38. The monoisotopic (exact) mass is 383 g/mol. The molecule has 0 bridgehead atoms. The van der Waals surface area contributed by atoms with Crippen molar-refractivity contribution in [2.24, 2.45) is 0 Å². The number of nitrogens with one attached hydrogen (secondary N) is 2. The van der Waals surface area contributed by atoms with Crippen LogP contribution in [0.2, 0.25) is 0 Å². The first-order chi connectivity index (χ1) is 12.5. The summed E-state index contributed by atoms with van der Waals surface area (Å²) in [6.45, 7) is 4.82. The molecule has 0 aromatic rings. The minimum atomic E-state index is -1.23. The third-order valence-electron chi connectivity index (χ3n) is 3.62. The van der Waals surface area contributed by atoms with E-state index in [1.165, 1.54) is 7.05 Å². The second-order valence-corrected chi connectivity index (χ2v) is 6.93. The Kier molecular flexibility index (Phi) is 7.65. The first-order valence-corrected chi connectivity index (χ1v) is 8.41.